The van der Waals surface area contributed by atoms with Gasteiger partial charge in [-0.2, -0.15) is 0 Å². The van der Waals surface area contributed by atoms with Gasteiger partial charge in [0.25, 0.3) is 5.91 Å². The molecule has 0 fully saturated rings. The predicted molar refractivity (Wildman–Crippen MR) is 64.2 cm³/mol. The molecule has 0 spiro atoms. The largest absolute Gasteiger partial charge is 0.396 e. The fourth-order valence-electron chi connectivity index (χ4n) is 1.49. The van der Waals surface area contributed by atoms with Gasteiger partial charge >= 0.3 is 0 Å². The summed E-state index contributed by atoms with van der Waals surface area (Å²) in [6, 6.07) is 1.75. The van der Waals surface area contributed by atoms with Crippen molar-refractivity contribution in [2.45, 2.75) is 13.0 Å². The number of hydrogen-bond donors (Lipinski definition) is 1. The summed E-state index contributed by atoms with van der Waals surface area (Å²) < 4.78 is 32.1. The number of benzene rings is 1. The van der Waals surface area contributed by atoms with E-state index in [-0.39, 0.29) is 18.3 Å². The summed E-state index contributed by atoms with van der Waals surface area (Å²) in [5.74, 6) is -2.72. The van der Waals surface area contributed by atoms with E-state index < -0.39 is 23.1 Å². The standard InChI is InChI=1S/C12H16F2N2O2/c1-7(6-18-3)16(2)12(17)10-8(13)4-5-9(15)11(10)14/h4-5,7H,6,15H2,1-3H3. The van der Waals surface area contributed by atoms with Crippen LogP contribution in [0.1, 0.15) is 17.3 Å². The van der Waals surface area contributed by atoms with Crippen LogP contribution in [-0.4, -0.2) is 37.6 Å². The van der Waals surface area contributed by atoms with Gasteiger partial charge in [-0.25, -0.2) is 8.78 Å². The van der Waals surface area contributed by atoms with Gasteiger partial charge in [0.2, 0.25) is 0 Å². The molecule has 1 amide bonds. The highest BCUT2D eigenvalue weighted by atomic mass is 19.1. The molecule has 0 aliphatic rings. The number of rotatable bonds is 4. The third-order valence-corrected chi connectivity index (χ3v) is 2.72. The first kappa shape index (κ1) is 14.4. The number of ether oxygens (including phenoxy) is 1. The number of hydrogen-bond acceptors (Lipinski definition) is 3. The molecule has 1 aromatic carbocycles. The summed E-state index contributed by atoms with van der Waals surface area (Å²) in [5.41, 5.74) is 4.43. The summed E-state index contributed by atoms with van der Waals surface area (Å²) in [7, 11) is 2.94. The van der Waals surface area contributed by atoms with Crippen LogP contribution in [-0.2, 0) is 4.74 Å². The van der Waals surface area contributed by atoms with Crippen LogP contribution < -0.4 is 5.73 Å². The molecular weight excluding hydrogens is 242 g/mol. The van der Waals surface area contributed by atoms with Crippen molar-refractivity contribution in [2.75, 3.05) is 26.5 Å². The molecule has 0 aromatic heterocycles. The van der Waals surface area contributed by atoms with Gasteiger partial charge in [0.05, 0.1) is 18.3 Å². The van der Waals surface area contributed by atoms with Gasteiger partial charge < -0.3 is 15.4 Å². The minimum atomic E-state index is -1.03. The Morgan fingerprint density at radius 1 is 1.50 bits per heavy atom. The number of carbonyl (C=O) groups excluding carboxylic acids is 1. The van der Waals surface area contributed by atoms with E-state index in [1.54, 1.807) is 6.92 Å². The van der Waals surface area contributed by atoms with Crippen molar-refractivity contribution in [3.8, 4) is 0 Å². The third-order valence-electron chi connectivity index (χ3n) is 2.72. The quantitative estimate of drug-likeness (QED) is 0.835. The number of nitrogen functional groups attached to an aromatic ring is 1. The second-order valence-corrected chi connectivity index (χ2v) is 4.05. The number of methoxy groups -OCH3 is 1. The molecule has 1 atom stereocenters. The van der Waals surface area contributed by atoms with E-state index in [1.165, 1.54) is 19.1 Å². The Balaban J connectivity index is 3.07. The number of carbonyl (C=O) groups is 1. The molecule has 0 radical (unpaired) electrons. The van der Waals surface area contributed by atoms with Gasteiger partial charge in [-0.1, -0.05) is 0 Å². The Labute approximate surface area is 104 Å². The molecule has 0 saturated carbocycles. The van der Waals surface area contributed by atoms with Crippen molar-refractivity contribution >= 4 is 11.6 Å². The van der Waals surface area contributed by atoms with Gasteiger partial charge in [0.1, 0.15) is 11.4 Å². The number of amides is 1. The summed E-state index contributed by atoms with van der Waals surface area (Å²) >= 11 is 0. The third kappa shape index (κ3) is 2.76. The molecule has 18 heavy (non-hydrogen) atoms. The van der Waals surface area contributed by atoms with Crippen molar-refractivity contribution in [3.63, 3.8) is 0 Å². The highest BCUT2D eigenvalue weighted by molar-refractivity contribution is 5.95. The minimum Gasteiger partial charge on any atom is -0.396 e. The Hall–Kier alpha value is -1.69. The molecule has 0 saturated heterocycles. The molecule has 1 rings (SSSR count). The fraction of sp³-hybridized carbons (Fsp3) is 0.417. The van der Waals surface area contributed by atoms with Gasteiger partial charge in [-0.05, 0) is 19.1 Å². The van der Waals surface area contributed by atoms with Crippen molar-refractivity contribution in [1.82, 2.24) is 4.90 Å². The monoisotopic (exact) mass is 258 g/mol. The van der Waals surface area contributed by atoms with Gasteiger partial charge in [-0.15, -0.1) is 0 Å². The zero-order valence-electron chi connectivity index (χ0n) is 10.5. The Morgan fingerprint density at radius 2 is 2.11 bits per heavy atom. The maximum absolute atomic E-state index is 13.7. The number of nitrogens with two attached hydrogens (primary N) is 1. The van der Waals surface area contributed by atoms with E-state index >= 15 is 0 Å². The molecule has 0 heterocycles. The lowest BCUT2D eigenvalue weighted by Gasteiger charge is -2.24. The molecule has 6 heteroatoms. The van der Waals surface area contributed by atoms with Crippen LogP contribution in [0.4, 0.5) is 14.5 Å². The molecular formula is C12H16F2N2O2. The molecule has 4 nitrogen and oxygen atoms in total. The molecule has 1 aromatic rings. The van der Waals surface area contributed by atoms with E-state index in [0.29, 0.717) is 0 Å². The van der Waals surface area contributed by atoms with Crippen LogP contribution in [0.2, 0.25) is 0 Å². The van der Waals surface area contributed by atoms with E-state index in [1.807, 2.05) is 0 Å². The highest BCUT2D eigenvalue weighted by Crippen LogP contribution is 2.20. The van der Waals surface area contributed by atoms with Crippen LogP contribution in [0, 0.1) is 11.6 Å². The molecule has 1 unspecified atom stereocenters. The topological polar surface area (TPSA) is 55.6 Å². The lowest BCUT2D eigenvalue weighted by Crippen LogP contribution is -2.38. The van der Waals surface area contributed by atoms with E-state index in [0.717, 1.165) is 12.1 Å². The molecule has 0 aliphatic heterocycles. The molecule has 0 bridgehead atoms. The predicted octanol–water partition coefficient (Wildman–Crippen LogP) is 1.65. The first-order valence-corrected chi connectivity index (χ1v) is 5.39. The maximum atomic E-state index is 13.7. The zero-order chi connectivity index (χ0) is 13.9. The molecule has 2 N–H and O–H groups in total. The van der Waals surface area contributed by atoms with Crippen LogP contribution in [0.25, 0.3) is 0 Å². The van der Waals surface area contributed by atoms with E-state index in [9.17, 15) is 13.6 Å². The Morgan fingerprint density at radius 3 is 2.67 bits per heavy atom. The van der Waals surface area contributed by atoms with E-state index in [4.69, 9.17) is 10.5 Å². The highest BCUT2D eigenvalue weighted by Gasteiger charge is 2.25. The second-order valence-electron chi connectivity index (χ2n) is 4.05. The molecule has 0 aliphatic carbocycles. The first-order chi connectivity index (χ1) is 8.40. The average molecular weight is 258 g/mol. The van der Waals surface area contributed by atoms with Crippen LogP contribution >= 0.6 is 0 Å². The summed E-state index contributed by atoms with van der Waals surface area (Å²) in [5, 5.41) is 0. The zero-order valence-corrected chi connectivity index (χ0v) is 10.5. The number of likely N-dealkylation sites (N-methyl/N-ethyl adjacent to an activating group) is 1. The number of anilines is 1. The van der Waals surface area contributed by atoms with Gasteiger partial charge in [0.15, 0.2) is 5.82 Å². The van der Waals surface area contributed by atoms with Gasteiger partial charge in [-0.3, -0.25) is 4.79 Å². The maximum Gasteiger partial charge on any atom is 0.259 e. The number of halogens is 2. The van der Waals surface area contributed by atoms with Crippen molar-refractivity contribution in [3.05, 3.63) is 29.3 Å². The van der Waals surface area contributed by atoms with Crippen LogP contribution in [0.3, 0.4) is 0 Å². The second kappa shape index (κ2) is 5.77. The minimum absolute atomic E-state index is 0.257. The normalized spacial score (nSPS) is 12.3. The average Bonchev–Trinajstić information content (AvgIpc) is 2.33. The lowest BCUT2D eigenvalue weighted by molar-refractivity contribution is 0.0624. The summed E-state index contributed by atoms with van der Waals surface area (Å²) in [6.45, 7) is 1.98. The summed E-state index contributed by atoms with van der Waals surface area (Å²) in [4.78, 5) is 13.2. The van der Waals surface area contributed by atoms with Crippen molar-refractivity contribution in [2.24, 2.45) is 0 Å². The smallest absolute Gasteiger partial charge is 0.259 e. The van der Waals surface area contributed by atoms with E-state index in [2.05, 4.69) is 0 Å². The van der Waals surface area contributed by atoms with Crippen molar-refractivity contribution < 1.29 is 18.3 Å². The Bertz CT molecular complexity index is 452. The van der Waals surface area contributed by atoms with Crippen LogP contribution in [0.5, 0.6) is 0 Å². The first-order valence-electron chi connectivity index (χ1n) is 5.39. The van der Waals surface area contributed by atoms with Gasteiger partial charge in [0, 0.05) is 14.2 Å². The van der Waals surface area contributed by atoms with Crippen molar-refractivity contribution in [1.29, 1.82) is 0 Å². The summed E-state index contributed by atoms with van der Waals surface area (Å²) in [6.07, 6.45) is 0. The lowest BCUT2D eigenvalue weighted by atomic mass is 10.1. The number of nitrogens with zero attached hydrogens (tertiary/aromatic N) is 1. The molecule has 100 valence electrons. The fourth-order valence-corrected chi connectivity index (χ4v) is 1.49. The Kier molecular flexibility index (Phi) is 4.61. The van der Waals surface area contributed by atoms with Crippen LogP contribution in [0.15, 0.2) is 12.1 Å². The SMILES string of the molecule is COCC(C)N(C)C(=O)c1c(F)ccc(N)c1F.